The first-order valence-electron chi connectivity index (χ1n) is 13.0. The largest absolute Gasteiger partial charge is 0.414 e. The molecule has 0 bridgehead atoms. The lowest BCUT2D eigenvalue weighted by atomic mass is 9.92. The van der Waals surface area contributed by atoms with Gasteiger partial charge in [-0.2, -0.15) is 0 Å². The minimum Gasteiger partial charge on any atom is -0.414 e. The third-order valence-electron chi connectivity index (χ3n) is 8.03. The highest BCUT2D eigenvalue weighted by atomic mass is 28.4. The molecule has 1 rings (SSSR count). The maximum absolute atomic E-state index is 9.40. The molecule has 6 heteroatoms. The summed E-state index contributed by atoms with van der Waals surface area (Å²) in [4.78, 5) is 0. The van der Waals surface area contributed by atoms with Crippen LogP contribution in [0.15, 0.2) is 12.2 Å². The fraction of sp³-hybridized carbons (Fsp3) is 0.920. The molecule has 0 unspecified atom stereocenters. The molecule has 5 atom stereocenters. The van der Waals surface area contributed by atoms with Crippen molar-refractivity contribution in [1.29, 1.82) is 0 Å². The van der Waals surface area contributed by atoms with Crippen LogP contribution in [0.1, 0.15) is 75.2 Å². The van der Waals surface area contributed by atoms with Crippen LogP contribution in [-0.2, 0) is 13.6 Å². The van der Waals surface area contributed by atoms with Crippen molar-refractivity contribution in [2.24, 2.45) is 5.92 Å². The number of ether oxygens (including phenoxy) is 1. The van der Waals surface area contributed by atoms with Crippen LogP contribution in [0, 0.1) is 5.92 Å². The van der Waals surface area contributed by atoms with Crippen LogP contribution in [0.4, 0.5) is 0 Å². The van der Waals surface area contributed by atoms with E-state index in [9.17, 15) is 5.11 Å². The Kier molecular flexibility index (Phi) is 12.2. The predicted molar refractivity (Wildman–Crippen MR) is 138 cm³/mol. The van der Waals surface area contributed by atoms with Gasteiger partial charge in [-0.3, -0.25) is 0 Å². The van der Waals surface area contributed by atoms with Gasteiger partial charge in [0.15, 0.2) is 16.6 Å². The van der Waals surface area contributed by atoms with E-state index >= 15 is 0 Å². The zero-order chi connectivity index (χ0) is 23.7. The molecule has 4 nitrogen and oxygen atoms in total. The zero-order valence-corrected chi connectivity index (χ0v) is 24.0. The Morgan fingerprint density at radius 2 is 1.45 bits per heavy atom. The van der Waals surface area contributed by atoms with Crippen molar-refractivity contribution in [1.82, 2.24) is 0 Å². The monoisotopic (exact) mass is 472 g/mol. The van der Waals surface area contributed by atoms with Crippen LogP contribution in [0.25, 0.3) is 0 Å². The lowest BCUT2D eigenvalue weighted by Gasteiger charge is -2.39. The highest BCUT2D eigenvalue weighted by molar-refractivity contribution is 6.74. The summed E-state index contributed by atoms with van der Waals surface area (Å²) in [6.07, 6.45) is 6.53. The smallest absolute Gasteiger partial charge is 0.193 e. The quantitative estimate of drug-likeness (QED) is 0.142. The average molecular weight is 473 g/mol. The molecule has 1 fully saturated rings. The van der Waals surface area contributed by atoms with Crippen LogP contribution in [0.5, 0.6) is 0 Å². The van der Waals surface area contributed by atoms with Gasteiger partial charge < -0.3 is 18.7 Å². The number of hydrogen-bond donors (Lipinski definition) is 1. The summed E-state index contributed by atoms with van der Waals surface area (Å²) < 4.78 is 20.0. The molecule has 0 amide bonds. The molecule has 1 aliphatic rings. The maximum atomic E-state index is 9.40. The summed E-state index contributed by atoms with van der Waals surface area (Å²) in [6, 6.07) is 6.93. The Bertz CT molecular complexity index is 517. The van der Waals surface area contributed by atoms with Crippen molar-refractivity contribution in [2.75, 3.05) is 6.61 Å². The minimum atomic E-state index is -1.77. The Hall–Kier alpha value is 0.0138. The topological polar surface area (TPSA) is 51.2 Å². The van der Waals surface area contributed by atoms with Crippen LogP contribution in [0.2, 0.25) is 36.3 Å². The maximum Gasteiger partial charge on any atom is 0.193 e. The Labute approximate surface area is 195 Å². The zero-order valence-electron chi connectivity index (χ0n) is 22.0. The van der Waals surface area contributed by atoms with Gasteiger partial charge in [-0.15, -0.1) is 0 Å². The molecule has 0 aromatic carbocycles. The lowest BCUT2D eigenvalue weighted by Crippen LogP contribution is -2.46. The molecular formula is C25H52O4Si2. The van der Waals surface area contributed by atoms with Gasteiger partial charge >= 0.3 is 0 Å². The molecule has 1 N–H and O–H groups in total. The molecule has 1 saturated heterocycles. The molecule has 1 aliphatic heterocycles. The van der Waals surface area contributed by atoms with E-state index in [0.29, 0.717) is 5.92 Å². The molecule has 0 aromatic heterocycles. The van der Waals surface area contributed by atoms with Gasteiger partial charge in [-0.25, -0.2) is 0 Å². The van der Waals surface area contributed by atoms with Gasteiger partial charge in [-0.1, -0.05) is 67.5 Å². The minimum absolute atomic E-state index is 0.0484. The van der Waals surface area contributed by atoms with Gasteiger partial charge in [-0.05, 0) is 49.6 Å². The summed E-state index contributed by atoms with van der Waals surface area (Å²) in [6.45, 7) is 20.5. The molecule has 0 saturated carbocycles. The van der Waals surface area contributed by atoms with Gasteiger partial charge in [0.2, 0.25) is 0 Å². The van der Waals surface area contributed by atoms with E-state index in [-0.39, 0.29) is 30.5 Å². The fourth-order valence-corrected chi connectivity index (χ4v) is 11.3. The molecule has 0 spiro atoms. The van der Waals surface area contributed by atoms with Crippen LogP contribution >= 0.6 is 0 Å². The van der Waals surface area contributed by atoms with E-state index < -0.39 is 16.6 Å². The molecule has 0 aromatic rings. The summed E-state index contributed by atoms with van der Waals surface area (Å²) in [7, 11) is -3.40. The lowest BCUT2D eigenvalue weighted by molar-refractivity contribution is 0.105. The van der Waals surface area contributed by atoms with E-state index in [2.05, 4.69) is 68.4 Å². The number of rotatable bonds is 17. The summed E-state index contributed by atoms with van der Waals surface area (Å²) in [5.41, 5.74) is -0.381. The van der Waals surface area contributed by atoms with Crippen molar-refractivity contribution in [3.63, 3.8) is 0 Å². The second-order valence-electron chi connectivity index (χ2n) is 9.75. The van der Waals surface area contributed by atoms with E-state index in [1.165, 1.54) is 18.1 Å². The van der Waals surface area contributed by atoms with Gasteiger partial charge in [0.1, 0.15) is 0 Å². The van der Waals surface area contributed by atoms with Crippen molar-refractivity contribution < 1.29 is 18.7 Å². The van der Waals surface area contributed by atoms with E-state index in [1.807, 2.05) is 6.08 Å². The molecule has 0 radical (unpaired) electrons. The van der Waals surface area contributed by atoms with E-state index in [4.69, 9.17) is 13.6 Å². The normalized spacial score (nSPS) is 23.7. The molecule has 184 valence electrons. The standard InChI is InChI=1S/C25H52O4Si2/c1-10-22(28-30(11-2,12-3)13-4)21(8)24-23(27-24)20-25(9,18-17-19-26)29-31(14-5,15-6)16-7/h17-18,21-24,26H,10-16,19-20H2,1-9H3/b18-17+/t21-,22+,23-,24-,25+/m1/s1. The Balaban J connectivity index is 2.90. The fourth-order valence-electron chi connectivity index (χ4n) is 5.18. The first-order valence-corrected chi connectivity index (χ1v) is 18.0. The van der Waals surface area contributed by atoms with E-state index in [0.717, 1.165) is 31.0 Å². The van der Waals surface area contributed by atoms with Crippen molar-refractivity contribution in [3.8, 4) is 0 Å². The Morgan fingerprint density at radius 1 is 0.935 bits per heavy atom. The molecule has 31 heavy (non-hydrogen) atoms. The third-order valence-corrected chi connectivity index (χ3v) is 17.5. The number of aliphatic hydroxyl groups is 1. The summed E-state index contributed by atoms with van der Waals surface area (Å²) in [5.74, 6) is 0.392. The molecule has 0 aliphatic carbocycles. The third kappa shape index (κ3) is 7.78. The molecular weight excluding hydrogens is 420 g/mol. The molecule has 1 heterocycles. The number of aliphatic hydroxyl groups excluding tert-OH is 1. The predicted octanol–water partition coefficient (Wildman–Crippen LogP) is 6.91. The second-order valence-corrected chi connectivity index (χ2v) is 19.2. The van der Waals surface area contributed by atoms with Crippen LogP contribution < -0.4 is 0 Å². The van der Waals surface area contributed by atoms with Crippen molar-refractivity contribution in [2.45, 2.75) is 135 Å². The second kappa shape index (κ2) is 13.0. The Morgan fingerprint density at radius 3 is 1.87 bits per heavy atom. The SMILES string of the molecule is CC[C@H](O[Si](CC)(CC)CC)[C@@H](C)[C@H]1O[C@@H]1C[C@](C)(/C=C/CO)O[Si](CC)(CC)CC. The van der Waals surface area contributed by atoms with Crippen molar-refractivity contribution >= 4 is 16.6 Å². The summed E-state index contributed by atoms with van der Waals surface area (Å²) in [5, 5.41) is 9.40. The van der Waals surface area contributed by atoms with E-state index in [1.54, 1.807) is 0 Å². The summed E-state index contributed by atoms with van der Waals surface area (Å²) >= 11 is 0. The van der Waals surface area contributed by atoms with Crippen molar-refractivity contribution in [3.05, 3.63) is 12.2 Å². The van der Waals surface area contributed by atoms with Crippen LogP contribution in [0.3, 0.4) is 0 Å². The first kappa shape index (κ1) is 29.0. The van der Waals surface area contributed by atoms with Gasteiger partial charge in [0.25, 0.3) is 0 Å². The number of epoxide rings is 1. The average Bonchev–Trinajstić information content (AvgIpc) is 3.56. The van der Waals surface area contributed by atoms with Gasteiger partial charge in [0.05, 0.1) is 24.4 Å². The number of hydrogen-bond acceptors (Lipinski definition) is 4. The van der Waals surface area contributed by atoms with Gasteiger partial charge in [0, 0.05) is 18.4 Å². The van der Waals surface area contributed by atoms with Crippen LogP contribution in [-0.4, -0.2) is 52.3 Å². The first-order chi connectivity index (χ1) is 14.7. The highest BCUT2D eigenvalue weighted by Gasteiger charge is 2.50. The highest BCUT2D eigenvalue weighted by Crippen LogP contribution is 2.42.